The van der Waals surface area contributed by atoms with Gasteiger partial charge in [-0.1, -0.05) is 19.3 Å². The van der Waals surface area contributed by atoms with E-state index in [2.05, 4.69) is 10.6 Å². The van der Waals surface area contributed by atoms with E-state index in [0.717, 1.165) is 12.8 Å². The number of hydrogen-bond donors (Lipinski definition) is 2. The number of methoxy groups -OCH3 is 1. The number of nitrogens with zero attached hydrogens (tertiary/aromatic N) is 1. The summed E-state index contributed by atoms with van der Waals surface area (Å²) in [4.78, 5) is 37.7. The molecule has 154 valence electrons. The Balaban J connectivity index is 1.83. The largest absolute Gasteiger partial charge is 0.495 e. The molecule has 1 saturated carbocycles. The first-order valence-corrected chi connectivity index (χ1v) is 10.6. The minimum absolute atomic E-state index is 0.0648. The monoisotopic (exact) mass is 407 g/mol. The molecule has 1 aliphatic carbocycles. The van der Waals surface area contributed by atoms with E-state index >= 15 is 0 Å². The summed E-state index contributed by atoms with van der Waals surface area (Å²) < 4.78 is 5.25. The average Bonchev–Trinajstić information content (AvgIpc) is 2.67. The molecule has 0 radical (unpaired) electrons. The Bertz CT molecular complexity index is 705. The first-order chi connectivity index (χ1) is 13.4. The van der Waals surface area contributed by atoms with Gasteiger partial charge in [-0.3, -0.25) is 14.4 Å². The Morgan fingerprint density at radius 3 is 2.50 bits per heavy atom. The van der Waals surface area contributed by atoms with Crippen LogP contribution in [0.2, 0.25) is 0 Å². The number of carbonyl (C=O) groups is 3. The molecule has 0 spiro atoms. The molecular formula is C20H29N3O4S. The quantitative estimate of drug-likeness (QED) is 0.691. The predicted molar refractivity (Wildman–Crippen MR) is 113 cm³/mol. The SMILES string of the molecule is COc1ccc(NC(C)=O)cc1NC(=O)CSCC(=O)N(C)C1CCCCC1. The van der Waals surface area contributed by atoms with Crippen LogP contribution in [0.15, 0.2) is 18.2 Å². The molecule has 0 saturated heterocycles. The Hall–Kier alpha value is -2.22. The number of hydrogen-bond acceptors (Lipinski definition) is 5. The van der Waals surface area contributed by atoms with Crippen molar-refractivity contribution in [3.8, 4) is 5.75 Å². The van der Waals surface area contributed by atoms with Crippen molar-refractivity contribution in [1.82, 2.24) is 4.90 Å². The van der Waals surface area contributed by atoms with Gasteiger partial charge >= 0.3 is 0 Å². The zero-order valence-electron chi connectivity index (χ0n) is 16.7. The van der Waals surface area contributed by atoms with Crippen LogP contribution in [-0.2, 0) is 14.4 Å². The Morgan fingerprint density at radius 1 is 1.14 bits per heavy atom. The molecule has 0 aliphatic heterocycles. The summed E-state index contributed by atoms with van der Waals surface area (Å²) >= 11 is 1.30. The zero-order chi connectivity index (χ0) is 20.5. The van der Waals surface area contributed by atoms with Crippen molar-refractivity contribution in [1.29, 1.82) is 0 Å². The number of rotatable bonds is 8. The van der Waals surface area contributed by atoms with E-state index in [9.17, 15) is 14.4 Å². The van der Waals surface area contributed by atoms with Crippen LogP contribution in [0.1, 0.15) is 39.0 Å². The summed E-state index contributed by atoms with van der Waals surface area (Å²) in [6, 6.07) is 5.35. The zero-order valence-corrected chi connectivity index (χ0v) is 17.6. The van der Waals surface area contributed by atoms with Gasteiger partial charge in [0.15, 0.2) is 0 Å². The van der Waals surface area contributed by atoms with Gasteiger partial charge in [0.2, 0.25) is 17.7 Å². The molecule has 2 rings (SSSR count). The summed E-state index contributed by atoms with van der Waals surface area (Å²) in [6.07, 6.45) is 5.74. The number of anilines is 2. The molecule has 1 aliphatic rings. The molecule has 0 aromatic heterocycles. The fraction of sp³-hybridized carbons (Fsp3) is 0.550. The number of amides is 3. The number of benzene rings is 1. The van der Waals surface area contributed by atoms with Crippen LogP contribution in [0, 0.1) is 0 Å². The Kier molecular flexibility index (Phi) is 8.63. The Labute approximate surface area is 170 Å². The predicted octanol–water partition coefficient (Wildman–Crippen LogP) is 3.12. The van der Waals surface area contributed by atoms with E-state index in [0.29, 0.717) is 23.2 Å². The minimum Gasteiger partial charge on any atom is -0.495 e. The van der Waals surface area contributed by atoms with Crippen molar-refractivity contribution in [3.63, 3.8) is 0 Å². The van der Waals surface area contributed by atoms with Crippen LogP contribution < -0.4 is 15.4 Å². The molecule has 7 nitrogen and oxygen atoms in total. The van der Waals surface area contributed by atoms with Crippen LogP contribution in [0.5, 0.6) is 5.75 Å². The van der Waals surface area contributed by atoms with Gasteiger partial charge in [-0.15, -0.1) is 11.8 Å². The molecule has 0 heterocycles. The maximum Gasteiger partial charge on any atom is 0.234 e. The van der Waals surface area contributed by atoms with Crippen LogP contribution in [0.4, 0.5) is 11.4 Å². The van der Waals surface area contributed by atoms with Gasteiger partial charge in [0, 0.05) is 25.7 Å². The van der Waals surface area contributed by atoms with Crippen molar-refractivity contribution < 1.29 is 19.1 Å². The van der Waals surface area contributed by atoms with Crippen molar-refractivity contribution in [2.75, 3.05) is 36.3 Å². The second-order valence-corrected chi connectivity index (χ2v) is 7.92. The maximum absolute atomic E-state index is 12.3. The normalized spacial score (nSPS) is 14.2. The highest BCUT2D eigenvalue weighted by Crippen LogP contribution is 2.28. The number of ether oxygens (including phenoxy) is 1. The van der Waals surface area contributed by atoms with Gasteiger partial charge < -0.3 is 20.3 Å². The lowest BCUT2D eigenvalue weighted by Gasteiger charge is -2.31. The molecule has 0 unspecified atom stereocenters. The molecule has 1 aromatic carbocycles. The third kappa shape index (κ3) is 6.74. The summed E-state index contributed by atoms with van der Waals surface area (Å²) in [5.41, 5.74) is 1.05. The van der Waals surface area contributed by atoms with Gasteiger partial charge in [0.05, 0.1) is 24.3 Å². The van der Waals surface area contributed by atoms with E-state index in [1.807, 2.05) is 11.9 Å². The molecule has 1 aromatic rings. The van der Waals surface area contributed by atoms with Gasteiger partial charge in [0.25, 0.3) is 0 Å². The van der Waals surface area contributed by atoms with Gasteiger partial charge in [-0.2, -0.15) is 0 Å². The average molecular weight is 408 g/mol. The van der Waals surface area contributed by atoms with E-state index in [1.54, 1.807) is 18.2 Å². The van der Waals surface area contributed by atoms with Crippen LogP contribution in [-0.4, -0.2) is 54.3 Å². The van der Waals surface area contributed by atoms with Crippen molar-refractivity contribution in [3.05, 3.63) is 18.2 Å². The third-order valence-corrected chi connectivity index (χ3v) is 5.69. The first-order valence-electron chi connectivity index (χ1n) is 9.49. The molecule has 8 heteroatoms. The highest BCUT2D eigenvalue weighted by Gasteiger charge is 2.22. The topological polar surface area (TPSA) is 87.7 Å². The second-order valence-electron chi connectivity index (χ2n) is 6.93. The lowest BCUT2D eigenvalue weighted by molar-refractivity contribution is -0.129. The molecule has 0 atom stereocenters. The van der Waals surface area contributed by atoms with E-state index in [4.69, 9.17) is 4.74 Å². The summed E-state index contributed by atoms with van der Waals surface area (Å²) in [5, 5.41) is 5.45. The molecule has 1 fully saturated rings. The minimum atomic E-state index is -0.226. The highest BCUT2D eigenvalue weighted by atomic mass is 32.2. The van der Waals surface area contributed by atoms with E-state index in [1.165, 1.54) is 45.1 Å². The van der Waals surface area contributed by atoms with Crippen LogP contribution >= 0.6 is 11.8 Å². The molecule has 28 heavy (non-hydrogen) atoms. The third-order valence-electron chi connectivity index (χ3n) is 4.77. The number of nitrogens with one attached hydrogen (secondary N) is 2. The highest BCUT2D eigenvalue weighted by molar-refractivity contribution is 8.00. The summed E-state index contributed by atoms with van der Waals surface area (Å²) in [5.74, 6) is 0.590. The standard InChI is InChI=1S/C20H29N3O4S/c1-14(24)21-15-9-10-18(27-3)17(11-15)22-19(25)12-28-13-20(26)23(2)16-7-5-4-6-8-16/h9-11,16H,4-8,12-13H2,1-3H3,(H,21,24)(H,22,25). The smallest absolute Gasteiger partial charge is 0.234 e. The molecular weight excluding hydrogens is 378 g/mol. The summed E-state index contributed by atoms with van der Waals surface area (Å²) in [7, 11) is 3.37. The lowest BCUT2D eigenvalue weighted by atomic mass is 9.94. The van der Waals surface area contributed by atoms with E-state index in [-0.39, 0.29) is 29.2 Å². The fourth-order valence-electron chi connectivity index (χ4n) is 3.28. The molecule has 2 N–H and O–H groups in total. The second kappa shape index (κ2) is 10.9. The maximum atomic E-state index is 12.3. The van der Waals surface area contributed by atoms with Crippen LogP contribution in [0.25, 0.3) is 0 Å². The summed E-state index contributed by atoms with van der Waals surface area (Å²) in [6.45, 7) is 1.42. The number of carbonyl (C=O) groups excluding carboxylic acids is 3. The lowest BCUT2D eigenvalue weighted by Crippen LogP contribution is -2.39. The first kappa shape index (κ1) is 22.1. The molecule has 0 bridgehead atoms. The van der Waals surface area contributed by atoms with Gasteiger partial charge in [-0.05, 0) is 31.0 Å². The fourth-order valence-corrected chi connectivity index (χ4v) is 4.02. The van der Waals surface area contributed by atoms with Crippen molar-refractivity contribution >= 4 is 40.9 Å². The van der Waals surface area contributed by atoms with Crippen molar-refractivity contribution in [2.24, 2.45) is 0 Å². The molecule has 3 amide bonds. The van der Waals surface area contributed by atoms with Crippen LogP contribution in [0.3, 0.4) is 0 Å². The number of thioether (sulfide) groups is 1. The van der Waals surface area contributed by atoms with Gasteiger partial charge in [-0.25, -0.2) is 0 Å². The van der Waals surface area contributed by atoms with Gasteiger partial charge in [0.1, 0.15) is 5.75 Å². The Morgan fingerprint density at radius 2 is 1.86 bits per heavy atom. The van der Waals surface area contributed by atoms with E-state index < -0.39 is 0 Å². The van der Waals surface area contributed by atoms with Crippen molar-refractivity contribution in [2.45, 2.75) is 45.1 Å².